The largest absolute Gasteiger partial charge is 0.481 e. The molecule has 1 amide bonds. The minimum atomic E-state index is -0.703. The van der Waals surface area contributed by atoms with Crippen LogP contribution in [0.5, 0.6) is 0 Å². The predicted octanol–water partition coefficient (Wildman–Crippen LogP) is 4.57. The number of amides is 1. The van der Waals surface area contributed by atoms with Crippen LogP contribution in [0.25, 0.3) is 0 Å². The van der Waals surface area contributed by atoms with Gasteiger partial charge in [-0.25, -0.2) is 0 Å². The van der Waals surface area contributed by atoms with Crippen LogP contribution in [0, 0.1) is 5.92 Å². The number of nitrogens with zero attached hydrogens (tertiary/aromatic N) is 2. The van der Waals surface area contributed by atoms with Crippen LogP contribution in [-0.4, -0.2) is 34.3 Å². The van der Waals surface area contributed by atoms with Crippen molar-refractivity contribution in [3.8, 4) is 0 Å². The van der Waals surface area contributed by atoms with Crippen molar-refractivity contribution in [3.05, 3.63) is 65.5 Å². The van der Waals surface area contributed by atoms with E-state index in [4.69, 9.17) is 14.3 Å². The quantitative estimate of drug-likeness (QED) is 0.455. The van der Waals surface area contributed by atoms with Gasteiger partial charge in [-0.1, -0.05) is 29.4 Å². The number of methoxy groups -OCH3 is 1. The molecule has 0 saturated heterocycles. The molecule has 3 aromatic rings. The van der Waals surface area contributed by atoms with Gasteiger partial charge in [-0.2, -0.15) is 0 Å². The Kier molecular flexibility index (Phi) is 6.99. The molecule has 1 aliphatic rings. The lowest BCUT2D eigenvalue weighted by atomic mass is 9.79. The van der Waals surface area contributed by atoms with Crippen molar-refractivity contribution < 1.29 is 23.8 Å². The minimum Gasteiger partial charge on any atom is -0.481 e. The van der Waals surface area contributed by atoms with Gasteiger partial charge in [-0.3, -0.25) is 9.59 Å². The average Bonchev–Trinajstić information content (AvgIpc) is 3.29. The van der Waals surface area contributed by atoms with Crippen LogP contribution in [0.15, 0.2) is 52.9 Å². The highest BCUT2D eigenvalue weighted by Crippen LogP contribution is 2.36. The summed E-state index contributed by atoms with van der Waals surface area (Å²) in [5, 5.41) is 22.6. The number of carboxylic acids is 1. The number of ether oxygens (including phenoxy) is 1. The van der Waals surface area contributed by atoms with Crippen molar-refractivity contribution in [2.75, 3.05) is 17.7 Å². The zero-order valence-corrected chi connectivity index (χ0v) is 18.3. The van der Waals surface area contributed by atoms with Gasteiger partial charge in [0.15, 0.2) is 0 Å². The van der Waals surface area contributed by atoms with E-state index in [-0.39, 0.29) is 17.8 Å². The van der Waals surface area contributed by atoms with Crippen LogP contribution in [0.1, 0.15) is 53.4 Å². The summed E-state index contributed by atoms with van der Waals surface area (Å²) in [7, 11) is 1.63. The fraction of sp³-hybridized carbons (Fsp3) is 0.333. The van der Waals surface area contributed by atoms with Gasteiger partial charge in [0.25, 0.3) is 0 Å². The average molecular weight is 450 g/mol. The minimum absolute atomic E-state index is 0.113. The smallest absolute Gasteiger partial charge is 0.320 e. The molecule has 1 aliphatic carbocycles. The molecule has 0 aliphatic heterocycles. The summed E-state index contributed by atoms with van der Waals surface area (Å²) in [6, 6.07) is 15.3. The van der Waals surface area contributed by atoms with E-state index in [0.29, 0.717) is 31.1 Å². The molecule has 0 atom stereocenters. The molecule has 0 spiro atoms. The third kappa shape index (κ3) is 5.75. The van der Waals surface area contributed by atoms with Gasteiger partial charge in [-0.15, -0.1) is 5.10 Å². The highest BCUT2D eigenvalue weighted by molar-refractivity contribution is 6.00. The lowest BCUT2D eigenvalue weighted by Gasteiger charge is -2.26. The number of anilines is 3. The SMILES string of the molecule is COCc1cccc(Nc2nnc(C(=O)Nc3ccc(C4CCC(C(=O)O)CC4)cc3)o2)c1. The lowest BCUT2D eigenvalue weighted by molar-refractivity contribution is -0.142. The molecule has 0 unspecified atom stereocenters. The summed E-state index contributed by atoms with van der Waals surface area (Å²) in [6.07, 6.45) is 3.11. The summed E-state index contributed by atoms with van der Waals surface area (Å²) >= 11 is 0. The zero-order valence-electron chi connectivity index (χ0n) is 18.3. The Morgan fingerprint density at radius 3 is 2.52 bits per heavy atom. The molecule has 1 saturated carbocycles. The summed E-state index contributed by atoms with van der Waals surface area (Å²) in [4.78, 5) is 23.6. The van der Waals surface area contributed by atoms with E-state index < -0.39 is 11.9 Å². The van der Waals surface area contributed by atoms with Gasteiger partial charge >= 0.3 is 23.8 Å². The first-order valence-corrected chi connectivity index (χ1v) is 10.8. The molecule has 9 nitrogen and oxygen atoms in total. The van der Waals surface area contributed by atoms with Crippen LogP contribution in [0.2, 0.25) is 0 Å². The van der Waals surface area contributed by atoms with Crippen LogP contribution in [-0.2, 0) is 16.1 Å². The Morgan fingerprint density at radius 2 is 1.82 bits per heavy atom. The zero-order chi connectivity index (χ0) is 23.2. The predicted molar refractivity (Wildman–Crippen MR) is 121 cm³/mol. The van der Waals surface area contributed by atoms with Gasteiger partial charge in [0.2, 0.25) is 0 Å². The van der Waals surface area contributed by atoms with Gasteiger partial charge in [-0.05, 0) is 67.0 Å². The fourth-order valence-electron chi connectivity index (χ4n) is 4.09. The monoisotopic (exact) mass is 450 g/mol. The maximum atomic E-state index is 12.5. The first-order valence-electron chi connectivity index (χ1n) is 10.8. The molecule has 172 valence electrons. The lowest BCUT2D eigenvalue weighted by Crippen LogP contribution is -2.20. The van der Waals surface area contributed by atoms with E-state index >= 15 is 0 Å². The van der Waals surface area contributed by atoms with Crippen molar-refractivity contribution in [2.24, 2.45) is 5.92 Å². The number of hydrogen-bond acceptors (Lipinski definition) is 7. The number of carboxylic acid groups (broad SMARTS) is 1. The van der Waals surface area contributed by atoms with E-state index in [0.717, 1.165) is 29.7 Å². The number of rotatable bonds is 8. The molecule has 0 bridgehead atoms. The molecule has 1 fully saturated rings. The van der Waals surface area contributed by atoms with Gasteiger partial charge in [0.05, 0.1) is 12.5 Å². The fourth-order valence-corrected chi connectivity index (χ4v) is 4.09. The Balaban J connectivity index is 1.33. The molecular weight excluding hydrogens is 424 g/mol. The number of carbonyl (C=O) groups excluding carboxylic acids is 1. The maximum Gasteiger partial charge on any atom is 0.320 e. The summed E-state index contributed by atoms with van der Waals surface area (Å²) in [5.41, 5.74) is 3.49. The molecule has 9 heteroatoms. The number of aromatic nitrogens is 2. The summed E-state index contributed by atoms with van der Waals surface area (Å²) in [6.45, 7) is 0.482. The molecule has 3 N–H and O–H groups in total. The van der Waals surface area contributed by atoms with Crippen molar-refractivity contribution >= 4 is 29.3 Å². The number of carbonyl (C=O) groups is 2. The van der Waals surface area contributed by atoms with E-state index in [1.54, 1.807) is 7.11 Å². The van der Waals surface area contributed by atoms with Crippen LogP contribution in [0.3, 0.4) is 0 Å². The second-order valence-electron chi connectivity index (χ2n) is 8.13. The van der Waals surface area contributed by atoms with Gasteiger partial charge < -0.3 is 24.9 Å². The molecule has 1 aromatic heterocycles. The van der Waals surface area contributed by atoms with E-state index in [2.05, 4.69) is 20.8 Å². The van der Waals surface area contributed by atoms with E-state index in [9.17, 15) is 9.59 Å². The van der Waals surface area contributed by atoms with Crippen molar-refractivity contribution in [1.82, 2.24) is 10.2 Å². The third-order valence-corrected chi connectivity index (χ3v) is 5.82. The summed E-state index contributed by atoms with van der Waals surface area (Å²) in [5.74, 6) is -1.24. The maximum absolute atomic E-state index is 12.5. The number of hydrogen-bond donors (Lipinski definition) is 3. The molecule has 33 heavy (non-hydrogen) atoms. The van der Waals surface area contributed by atoms with Crippen LogP contribution in [0.4, 0.5) is 17.4 Å². The third-order valence-electron chi connectivity index (χ3n) is 5.82. The van der Waals surface area contributed by atoms with Crippen LogP contribution >= 0.6 is 0 Å². The van der Waals surface area contributed by atoms with E-state index in [1.165, 1.54) is 0 Å². The number of benzene rings is 2. The summed E-state index contributed by atoms with van der Waals surface area (Å²) < 4.78 is 10.6. The Bertz CT molecular complexity index is 1100. The molecule has 1 heterocycles. The molecule has 0 radical (unpaired) electrons. The number of aliphatic carboxylic acids is 1. The van der Waals surface area contributed by atoms with Crippen molar-refractivity contribution in [3.63, 3.8) is 0 Å². The highest BCUT2D eigenvalue weighted by Gasteiger charge is 2.26. The normalized spacial score (nSPS) is 18.0. The van der Waals surface area contributed by atoms with E-state index in [1.807, 2.05) is 48.5 Å². The van der Waals surface area contributed by atoms with Gasteiger partial charge in [0, 0.05) is 18.5 Å². The van der Waals surface area contributed by atoms with Gasteiger partial charge in [0.1, 0.15) is 0 Å². The Labute approximate surface area is 191 Å². The first-order chi connectivity index (χ1) is 16.0. The second kappa shape index (κ2) is 10.3. The molecular formula is C24H26N4O5. The topological polar surface area (TPSA) is 127 Å². The Morgan fingerprint density at radius 1 is 1.06 bits per heavy atom. The standard InChI is InChI=1S/C24H26N4O5/c1-32-14-15-3-2-4-20(13-15)26-24-28-27-22(33-24)21(29)25-19-11-9-17(10-12-19)16-5-7-18(8-6-16)23(30)31/h2-4,9-13,16,18H,5-8,14H2,1H3,(H,25,29)(H,26,28)(H,30,31). The van der Waals surface area contributed by atoms with Crippen LogP contribution < -0.4 is 10.6 Å². The van der Waals surface area contributed by atoms with Crippen molar-refractivity contribution in [1.29, 1.82) is 0 Å². The highest BCUT2D eigenvalue weighted by atomic mass is 16.5. The second-order valence-corrected chi connectivity index (χ2v) is 8.13. The number of nitrogens with one attached hydrogen (secondary N) is 2. The molecule has 4 rings (SSSR count). The molecule has 2 aromatic carbocycles. The first kappa shape index (κ1) is 22.5. The van der Waals surface area contributed by atoms with Crippen molar-refractivity contribution in [2.45, 2.75) is 38.2 Å². The Hall–Kier alpha value is -3.72.